The maximum absolute atomic E-state index is 12.6. The number of benzene rings is 2. The number of hydrogen-bond acceptors (Lipinski definition) is 4. The van der Waals surface area contributed by atoms with Crippen molar-refractivity contribution in [2.75, 3.05) is 11.9 Å². The summed E-state index contributed by atoms with van der Waals surface area (Å²) in [7, 11) is 0. The van der Waals surface area contributed by atoms with Gasteiger partial charge in [-0.1, -0.05) is 24.3 Å². The first-order valence-corrected chi connectivity index (χ1v) is 7.97. The highest BCUT2D eigenvalue weighted by atomic mass is 16.5. The van der Waals surface area contributed by atoms with E-state index >= 15 is 0 Å². The monoisotopic (exact) mass is 350 g/mol. The normalized spacial score (nSPS) is 10.3. The van der Waals surface area contributed by atoms with Crippen molar-refractivity contribution in [3.05, 3.63) is 72.1 Å². The average Bonchev–Trinajstić information content (AvgIpc) is 3.02. The lowest BCUT2D eigenvalue weighted by Gasteiger charge is -2.08. The van der Waals surface area contributed by atoms with Crippen molar-refractivity contribution in [1.29, 1.82) is 0 Å². The molecule has 0 spiro atoms. The van der Waals surface area contributed by atoms with Crippen LogP contribution in [0.4, 0.5) is 5.69 Å². The Morgan fingerprint density at radius 3 is 2.65 bits per heavy atom. The molecule has 0 aliphatic heterocycles. The van der Waals surface area contributed by atoms with Gasteiger partial charge in [-0.25, -0.2) is 4.68 Å². The molecule has 0 bridgehead atoms. The van der Waals surface area contributed by atoms with Gasteiger partial charge in [-0.3, -0.25) is 9.59 Å². The second kappa shape index (κ2) is 7.52. The number of ether oxygens (including phenoxy) is 1. The molecule has 7 nitrogen and oxygen atoms in total. The molecule has 0 saturated carbocycles. The van der Waals surface area contributed by atoms with Gasteiger partial charge in [-0.15, -0.1) is 0 Å². The highest BCUT2D eigenvalue weighted by Crippen LogP contribution is 2.19. The molecule has 7 heteroatoms. The van der Waals surface area contributed by atoms with E-state index in [1.54, 1.807) is 28.9 Å². The van der Waals surface area contributed by atoms with Gasteiger partial charge < -0.3 is 15.8 Å². The molecule has 3 N–H and O–H groups in total. The second-order valence-electron chi connectivity index (χ2n) is 5.63. The number of rotatable bonds is 6. The number of amides is 2. The van der Waals surface area contributed by atoms with E-state index in [9.17, 15) is 9.59 Å². The Morgan fingerprint density at radius 1 is 1.15 bits per heavy atom. The molecule has 3 aromatic rings. The number of para-hydroxylation sites is 1. The largest absolute Gasteiger partial charge is 0.484 e. The lowest BCUT2D eigenvalue weighted by Crippen LogP contribution is -2.20. The predicted octanol–water partition coefficient (Wildman–Crippen LogP) is 2.30. The molecule has 0 atom stereocenters. The molecule has 3 rings (SSSR count). The van der Waals surface area contributed by atoms with Crippen LogP contribution in [0, 0.1) is 6.92 Å². The summed E-state index contributed by atoms with van der Waals surface area (Å²) in [4.78, 5) is 23.4. The number of aromatic nitrogens is 2. The van der Waals surface area contributed by atoms with Gasteiger partial charge in [0.15, 0.2) is 6.61 Å². The van der Waals surface area contributed by atoms with Crippen LogP contribution in [0.5, 0.6) is 5.75 Å². The molecule has 0 aliphatic carbocycles. The summed E-state index contributed by atoms with van der Waals surface area (Å²) in [5, 5.41) is 7.10. The smallest absolute Gasteiger partial charge is 0.259 e. The van der Waals surface area contributed by atoms with Crippen molar-refractivity contribution in [2.24, 2.45) is 5.73 Å². The van der Waals surface area contributed by atoms with Crippen LogP contribution in [0.2, 0.25) is 0 Å². The molecule has 0 aliphatic rings. The summed E-state index contributed by atoms with van der Waals surface area (Å²) < 4.78 is 6.95. The molecule has 0 fully saturated rings. The van der Waals surface area contributed by atoms with E-state index in [2.05, 4.69) is 10.4 Å². The first-order valence-electron chi connectivity index (χ1n) is 7.97. The van der Waals surface area contributed by atoms with Crippen LogP contribution >= 0.6 is 0 Å². The van der Waals surface area contributed by atoms with Gasteiger partial charge in [0.25, 0.3) is 11.8 Å². The third-order valence-electron chi connectivity index (χ3n) is 3.73. The number of carbonyl (C=O) groups excluding carboxylic acids is 2. The third-order valence-corrected chi connectivity index (χ3v) is 3.73. The average molecular weight is 350 g/mol. The lowest BCUT2D eigenvalue weighted by molar-refractivity contribution is -0.119. The fourth-order valence-corrected chi connectivity index (χ4v) is 2.48. The minimum atomic E-state index is -0.566. The van der Waals surface area contributed by atoms with Gasteiger partial charge >= 0.3 is 0 Å². The van der Waals surface area contributed by atoms with E-state index in [4.69, 9.17) is 10.5 Å². The van der Waals surface area contributed by atoms with E-state index in [0.717, 1.165) is 11.4 Å². The minimum absolute atomic E-state index is 0.222. The van der Waals surface area contributed by atoms with Crippen LogP contribution in [-0.2, 0) is 4.79 Å². The molecule has 132 valence electrons. The maximum atomic E-state index is 12.6. The molecule has 26 heavy (non-hydrogen) atoms. The summed E-state index contributed by atoms with van der Waals surface area (Å²) in [6.45, 7) is 1.61. The third kappa shape index (κ3) is 3.89. The SMILES string of the molecule is Cc1c(C(=O)Nc2cccc(OCC(N)=O)c2)cnn1-c1ccccc1. The molecule has 1 heterocycles. The number of nitrogens with one attached hydrogen (secondary N) is 1. The molecule has 1 aromatic heterocycles. The molecule has 2 amide bonds. The van der Waals surface area contributed by atoms with E-state index in [1.165, 1.54) is 6.20 Å². The number of anilines is 1. The quantitative estimate of drug-likeness (QED) is 0.712. The fourth-order valence-electron chi connectivity index (χ4n) is 2.48. The van der Waals surface area contributed by atoms with Crippen LogP contribution in [0.25, 0.3) is 5.69 Å². The Morgan fingerprint density at radius 2 is 1.92 bits per heavy atom. The summed E-state index contributed by atoms with van der Waals surface area (Å²) in [6.07, 6.45) is 1.53. The van der Waals surface area contributed by atoms with Gasteiger partial charge in [-0.05, 0) is 31.2 Å². The number of hydrogen-bond donors (Lipinski definition) is 2. The zero-order chi connectivity index (χ0) is 18.5. The van der Waals surface area contributed by atoms with Crippen molar-refractivity contribution in [1.82, 2.24) is 9.78 Å². The first kappa shape index (κ1) is 17.2. The summed E-state index contributed by atoms with van der Waals surface area (Å²) in [5.41, 5.74) is 7.69. The van der Waals surface area contributed by atoms with Crippen molar-refractivity contribution in [3.63, 3.8) is 0 Å². The zero-order valence-electron chi connectivity index (χ0n) is 14.2. The summed E-state index contributed by atoms with van der Waals surface area (Å²) >= 11 is 0. The Kier molecular flexibility index (Phi) is 4.98. The lowest BCUT2D eigenvalue weighted by atomic mass is 10.2. The maximum Gasteiger partial charge on any atom is 0.259 e. The summed E-state index contributed by atoms with van der Waals surface area (Å²) in [6, 6.07) is 16.3. The predicted molar refractivity (Wildman–Crippen MR) is 97.4 cm³/mol. The van der Waals surface area contributed by atoms with Crippen LogP contribution in [0.15, 0.2) is 60.8 Å². The van der Waals surface area contributed by atoms with Crippen LogP contribution in [0.3, 0.4) is 0 Å². The van der Waals surface area contributed by atoms with Gasteiger partial charge in [0, 0.05) is 11.8 Å². The highest BCUT2D eigenvalue weighted by molar-refractivity contribution is 6.05. The topological polar surface area (TPSA) is 99.2 Å². The van der Waals surface area contributed by atoms with E-state index in [-0.39, 0.29) is 12.5 Å². The van der Waals surface area contributed by atoms with Crippen LogP contribution in [-0.4, -0.2) is 28.2 Å². The Hall–Kier alpha value is -3.61. The molecular formula is C19H18N4O3. The van der Waals surface area contributed by atoms with Crippen molar-refractivity contribution in [2.45, 2.75) is 6.92 Å². The summed E-state index contributed by atoms with van der Waals surface area (Å²) in [5.74, 6) is -0.404. The van der Waals surface area contributed by atoms with Crippen molar-refractivity contribution in [3.8, 4) is 11.4 Å². The number of nitrogens with zero attached hydrogens (tertiary/aromatic N) is 2. The van der Waals surface area contributed by atoms with Crippen molar-refractivity contribution >= 4 is 17.5 Å². The molecule has 0 unspecified atom stereocenters. The highest BCUT2D eigenvalue weighted by Gasteiger charge is 2.15. The first-order chi connectivity index (χ1) is 12.5. The minimum Gasteiger partial charge on any atom is -0.484 e. The Bertz CT molecular complexity index is 935. The number of carbonyl (C=O) groups is 2. The Balaban J connectivity index is 1.76. The van der Waals surface area contributed by atoms with Crippen LogP contribution < -0.4 is 15.8 Å². The van der Waals surface area contributed by atoms with Crippen LogP contribution in [0.1, 0.15) is 16.1 Å². The van der Waals surface area contributed by atoms with Gasteiger partial charge in [0.2, 0.25) is 0 Å². The zero-order valence-corrected chi connectivity index (χ0v) is 14.2. The van der Waals surface area contributed by atoms with E-state index in [0.29, 0.717) is 17.0 Å². The van der Waals surface area contributed by atoms with E-state index < -0.39 is 5.91 Å². The Labute approximate surface area is 150 Å². The van der Waals surface area contributed by atoms with Gasteiger partial charge in [0.1, 0.15) is 5.75 Å². The standard InChI is InChI=1S/C19H18N4O3/c1-13-17(11-21-23(13)15-7-3-2-4-8-15)19(25)22-14-6-5-9-16(10-14)26-12-18(20)24/h2-11H,12H2,1H3,(H2,20,24)(H,22,25). The van der Waals surface area contributed by atoms with Gasteiger partial charge in [-0.2, -0.15) is 5.10 Å². The molecule has 0 saturated heterocycles. The number of primary amides is 1. The van der Waals surface area contributed by atoms with Crippen molar-refractivity contribution < 1.29 is 14.3 Å². The second-order valence-corrected chi connectivity index (χ2v) is 5.63. The molecule has 0 radical (unpaired) electrons. The molecule has 2 aromatic carbocycles. The van der Waals surface area contributed by atoms with E-state index in [1.807, 2.05) is 37.3 Å². The van der Waals surface area contributed by atoms with Gasteiger partial charge in [0.05, 0.1) is 23.1 Å². The molecular weight excluding hydrogens is 332 g/mol. The fraction of sp³-hybridized carbons (Fsp3) is 0.105. The number of nitrogens with two attached hydrogens (primary N) is 1.